The van der Waals surface area contributed by atoms with Gasteiger partial charge in [0.15, 0.2) is 0 Å². The van der Waals surface area contributed by atoms with E-state index >= 15 is 0 Å². The number of methoxy groups -OCH3 is 1. The second kappa shape index (κ2) is 7.97. The number of carbonyl (C=O) groups is 1. The van der Waals surface area contributed by atoms with Gasteiger partial charge in [0.2, 0.25) is 0 Å². The lowest BCUT2D eigenvalue weighted by Gasteiger charge is -2.07. The van der Waals surface area contributed by atoms with Crippen LogP contribution in [0.3, 0.4) is 0 Å². The summed E-state index contributed by atoms with van der Waals surface area (Å²) >= 11 is 1.46. The van der Waals surface area contributed by atoms with Crippen LogP contribution in [0.2, 0.25) is 0 Å². The predicted molar refractivity (Wildman–Crippen MR) is 111 cm³/mol. The van der Waals surface area contributed by atoms with E-state index in [-0.39, 0.29) is 5.56 Å². The summed E-state index contributed by atoms with van der Waals surface area (Å²) in [5, 5.41) is 1.06. The molecule has 0 saturated carbocycles. The molecule has 0 radical (unpaired) electrons. The molecular weight excluding hydrogens is 391 g/mol. The van der Waals surface area contributed by atoms with Crippen molar-refractivity contribution in [3.8, 4) is 26.9 Å². The van der Waals surface area contributed by atoms with Gasteiger partial charge in [0.05, 0.1) is 29.7 Å². The number of thiazole rings is 1. The zero-order valence-corrected chi connectivity index (χ0v) is 16.6. The first kappa shape index (κ1) is 19.0. The molecule has 0 unspecified atom stereocenters. The first-order chi connectivity index (χ1) is 14.1. The molecule has 4 rings (SSSR count). The number of aromatic nitrogens is 2. The Kier molecular flexibility index (Phi) is 5.22. The molecule has 2 heterocycles. The highest BCUT2D eigenvalue weighted by atomic mass is 32.1. The quantitative estimate of drug-likeness (QED) is 0.417. The van der Waals surface area contributed by atoms with Crippen molar-refractivity contribution < 1.29 is 18.7 Å². The molecule has 0 aliphatic heterocycles. The highest BCUT2D eigenvalue weighted by Crippen LogP contribution is 2.34. The van der Waals surface area contributed by atoms with Crippen LogP contribution in [0.1, 0.15) is 17.3 Å². The molecule has 2 aromatic carbocycles. The number of hydrogen-bond acceptors (Lipinski definition) is 6. The van der Waals surface area contributed by atoms with Gasteiger partial charge in [-0.05, 0) is 61.0 Å². The van der Waals surface area contributed by atoms with Crippen molar-refractivity contribution >= 4 is 28.2 Å². The van der Waals surface area contributed by atoms with Crippen LogP contribution in [-0.4, -0.2) is 29.7 Å². The molecule has 4 aromatic rings. The topological polar surface area (TPSA) is 61.3 Å². The van der Waals surface area contributed by atoms with E-state index in [0.29, 0.717) is 28.2 Å². The summed E-state index contributed by atoms with van der Waals surface area (Å²) in [6, 6.07) is 13.5. The Balaban J connectivity index is 1.75. The van der Waals surface area contributed by atoms with Gasteiger partial charge in [-0.3, -0.25) is 0 Å². The summed E-state index contributed by atoms with van der Waals surface area (Å²) in [4.78, 5) is 22.2. The third-order valence-corrected chi connectivity index (χ3v) is 5.42. The van der Waals surface area contributed by atoms with Gasteiger partial charge in [-0.15, -0.1) is 11.3 Å². The largest absolute Gasteiger partial charge is 0.494 e. The van der Waals surface area contributed by atoms with Crippen molar-refractivity contribution in [3.63, 3.8) is 0 Å². The number of esters is 1. The number of fused-ring (bicyclic) bond motifs is 1. The molecule has 146 valence electrons. The molecule has 0 N–H and O–H groups in total. The van der Waals surface area contributed by atoms with Gasteiger partial charge in [-0.25, -0.2) is 19.2 Å². The summed E-state index contributed by atoms with van der Waals surface area (Å²) in [5.74, 6) is -0.177. The summed E-state index contributed by atoms with van der Waals surface area (Å²) in [5.41, 5.74) is 2.30. The minimum absolute atomic E-state index is 0.254. The first-order valence-electron chi connectivity index (χ1n) is 8.97. The molecule has 5 nitrogen and oxygen atoms in total. The fraction of sp³-hybridized carbons (Fsp3) is 0.136. The van der Waals surface area contributed by atoms with E-state index in [9.17, 15) is 9.18 Å². The van der Waals surface area contributed by atoms with Gasteiger partial charge in [-0.1, -0.05) is 0 Å². The lowest BCUT2D eigenvalue weighted by molar-refractivity contribution is 0.0603. The summed E-state index contributed by atoms with van der Waals surface area (Å²) in [6.07, 6.45) is 1.77. The number of halogens is 1. The van der Waals surface area contributed by atoms with Crippen LogP contribution in [0.4, 0.5) is 4.39 Å². The fourth-order valence-electron chi connectivity index (χ4n) is 2.99. The number of carbonyl (C=O) groups excluding carboxylic acids is 1. The molecule has 2 aromatic heterocycles. The molecule has 0 aliphatic rings. The molecule has 0 atom stereocenters. The first-order valence-corrected chi connectivity index (χ1v) is 9.78. The van der Waals surface area contributed by atoms with Crippen LogP contribution >= 0.6 is 11.3 Å². The third kappa shape index (κ3) is 3.82. The molecular formula is C22H17FN2O3S. The lowest BCUT2D eigenvalue weighted by atomic mass is 10.1. The molecule has 29 heavy (non-hydrogen) atoms. The van der Waals surface area contributed by atoms with E-state index < -0.39 is 11.8 Å². The SMILES string of the molecule is CCOc1ccc(-c2cnc(-c3cc(C(=O)OC)c4cc(F)ccc4n3)s2)cc1. The Labute approximate surface area is 170 Å². The molecule has 0 bridgehead atoms. The number of ether oxygens (including phenoxy) is 2. The van der Waals surface area contributed by atoms with Crippen LogP contribution in [-0.2, 0) is 4.74 Å². The molecule has 0 amide bonds. The Morgan fingerprint density at radius 1 is 1.14 bits per heavy atom. The Hall–Kier alpha value is -3.32. The van der Waals surface area contributed by atoms with Crippen LogP contribution in [0.5, 0.6) is 5.75 Å². The molecule has 0 aliphatic carbocycles. The number of nitrogens with zero attached hydrogens (tertiary/aromatic N) is 2. The second-order valence-electron chi connectivity index (χ2n) is 6.20. The Bertz CT molecular complexity index is 1190. The fourth-order valence-corrected chi connectivity index (χ4v) is 3.88. The number of rotatable bonds is 5. The minimum atomic E-state index is -0.549. The lowest BCUT2D eigenvalue weighted by Crippen LogP contribution is -2.04. The van der Waals surface area contributed by atoms with E-state index in [1.807, 2.05) is 31.2 Å². The van der Waals surface area contributed by atoms with Gasteiger partial charge in [0.1, 0.15) is 22.3 Å². The van der Waals surface area contributed by atoms with Crippen molar-refractivity contribution in [1.82, 2.24) is 9.97 Å². The van der Waals surface area contributed by atoms with Gasteiger partial charge >= 0.3 is 5.97 Å². The normalized spacial score (nSPS) is 10.9. The zero-order valence-electron chi connectivity index (χ0n) is 15.8. The maximum atomic E-state index is 13.7. The van der Waals surface area contributed by atoms with E-state index in [1.54, 1.807) is 18.3 Å². The van der Waals surface area contributed by atoms with Crippen molar-refractivity contribution in [3.05, 3.63) is 66.1 Å². The molecule has 0 fully saturated rings. The third-order valence-electron chi connectivity index (χ3n) is 4.35. The van der Waals surface area contributed by atoms with Crippen LogP contribution < -0.4 is 4.74 Å². The van der Waals surface area contributed by atoms with Gasteiger partial charge < -0.3 is 9.47 Å². The average molecular weight is 408 g/mol. The average Bonchev–Trinajstić information content (AvgIpc) is 3.23. The van der Waals surface area contributed by atoms with Crippen molar-refractivity contribution in [2.24, 2.45) is 0 Å². The maximum Gasteiger partial charge on any atom is 0.338 e. The van der Waals surface area contributed by atoms with Crippen LogP contribution in [0, 0.1) is 5.82 Å². The van der Waals surface area contributed by atoms with Gasteiger partial charge in [0, 0.05) is 11.6 Å². The van der Waals surface area contributed by atoms with Crippen molar-refractivity contribution in [2.45, 2.75) is 6.92 Å². The maximum absolute atomic E-state index is 13.7. The summed E-state index contributed by atoms with van der Waals surface area (Å²) < 4.78 is 24.0. The van der Waals surface area contributed by atoms with Crippen LogP contribution in [0.25, 0.3) is 32.0 Å². The molecule has 7 heteroatoms. The van der Waals surface area contributed by atoms with Crippen molar-refractivity contribution in [1.29, 1.82) is 0 Å². The number of hydrogen-bond donors (Lipinski definition) is 0. The van der Waals surface area contributed by atoms with E-state index in [0.717, 1.165) is 16.2 Å². The van der Waals surface area contributed by atoms with E-state index in [2.05, 4.69) is 9.97 Å². The second-order valence-corrected chi connectivity index (χ2v) is 7.23. The smallest absolute Gasteiger partial charge is 0.338 e. The van der Waals surface area contributed by atoms with Crippen LogP contribution in [0.15, 0.2) is 54.7 Å². The highest BCUT2D eigenvalue weighted by Gasteiger charge is 2.17. The minimum Gasteiger partial charge on any atom is -0.494 e. The van der Waals surface area contributed by atoms with Gasteiger partial charge in [0.25, 0.3) is 0 Å². The Morgan fingerprint density at radius 2 is 1.93 bits per heavy atom. The standard InChI is InChI=1S/C22H17FN2O3S/c1-3-28-15-7-4-13(5-8-15)20-12-24-21(29-20)19-11-17(22(26)27-2)16-10-14(23)6-9-18(16)25-19/h4-12H,3H2,1-2H3. The predicted octanol–water partition coefficient (Wildman–Crippen LogP) is 5.35. The Morgan fingerprint density at radius 3 is 2.66 bits per heavy atom. The van der Waals surface area contributed by atoms with E-state index in [4.69, 9.17) is 9.47 Å². The molecule has 0 spiro atoms. The summed E-state index contributed by atoms with van der Waals surface area (Å²) in [7, 11) is 1.29. The number of pyridine rings is 1. The van der Waals surface area contributed by atoms with E-state index in [1.165, 1.54) is 30.6 Å². The monoisotopic (exact) mass is 408 g/mol. The highest BCUT2D eigenvalue weighted by molar-refractivity contribution is 7.18. The summed E-state index contributed by atoms with van der Waals surface area (Å²) in [6.45, 7) is 2.56. The van der Waals surface area contributed by atoms with Gasteiger partial charge in [-0.2, -0.15) is 0 Å². The zero-order chi connectivity index (χ0) is 20.4. The van der Waals surface area contributed by atoms with Crippen molar-refractivity contribution in [2.75, 3.05) is 13.7 Å². The molecule has 0 saturated heterocycles. The number of benzene rings is 2.